The minimum Gasteiger partial charge on any atom is -0.468 e. The summed E-state index contributed by atoms with van der Waals surface area (Å²) in [5.74, 6) is -0.576. The Morgan fingerprint density at radius 3 is 2.85 bits per heavy atom. The second-order valence-corrected chi connectivity index (χ2v) is 4.96. The van der Waals surface area contributed by atoms with Crippen LogP contribution in [0.15, 0.2) is 27.5 Å². The summed E-state index contributed by atoms with van der Waals surface area (Å²) < 4.78 is 6.32. The summed E-state index contributed by atoms with van der Waals surface area (Å²) >= 11 is 3.31. The fraction of sp³-hybridized carbons (Fsp3) is 0.231. The van der Waals surface area contributed by atoms with E-state index in [0.29, 0.717) is 22.8 Å². The van der Waals surface area contributed by atoms with Gasteiger partial charge in [0, 0.05) is 16.3 Å². The zero-order valence-electron chi connectivity index (χ0n) is 10.6. The third-order valence-corrected chi connectivity index (χ3v) is 3.28. The number of carbonyl (C=O) groups is 2. The number of aldehydes is 1. The molecule has 1 aromatic carbocycles. The zero-order valence-corrected chi connectivity index (χ0v) is 12.2. The average molecular weight is 339 g/mol. The van der Waals surface area contributed by atoms with Crippen LogP contribution in [-0.4, -0.2) is 29.1 Å². The number of nitrogens with zero attached hydrogens (tertiary/aromatic N) is 2. The van der Waals surface area contributed by atoms with E-state index in [-0.39, 0.29) is 13.0 Å². The summed E-state index contributed by atoms with van der Waals surface area (Å²) in [6.45, 7) is -0.285. The molecule has 0 N–H and O–H groups in total. The third-order valence-electron chi connectivity index (χ3n) is 2.78. The molecule has 0 aliphatic carbocycles. The first-order valence-corrected chi connectivity index (χ1v) is 6.56. The van der Waals surface area contributed by atoms with E-state index in [1.165, 1.54) is 7.11 Å². The fourth-order valence-corrected chi connectivity index (χ4v) is 2.21. The number of benzene rings is 1. The molecule has 2 rings (SSSR count). The molecule has 6 nitrogen and oxygen atoms in total. The van der Waals surface area contributed by atoms with Crippen LogP contribution in [0.25, 0.3) is 10.8 Å². The third kappa shape index (κ3) is 2.77. The highest BCUT2D eigenvalue weighted by Gasteiger charge is 2.13. The van der Waals surface area contributed by atoms with Gasteiger partial charge in [0.25, 0.3) is 5.56 Å². The maximum atomic E-state index is 12.2. The van der Waals surface area contributed by atoms with Crippen molar-refractivity contribution in [2.75, 3.05) is 7.11 Å². The van der Waals surface area contributed by atoms with Crippen LogP contribution in [-0.2, 0) is 27.3 Å². The van der Waals surface area contributed by atoms with Crippen molar-refractivity contribution in [3.8, 4) is 0 Å². The molecule has 7 heteroatoms. The number of methoxy groups -OCH3 is 1. The monoisotopic (exact) mass is 338 g/mol. The smallest absolute Gasteiger partial charge is 0.327 e. The van der Waals surface area contributed by atoms with Crippen LogP contribution in [0.1, 0.15) is 5.69 Å². The summed E-state index contributed by atoms with van der Waals surface area (Å²) in [5, 5.41) is 5.07. The second-order valence-electron chi connectivity index (χ2n) is 4.05. The van der Waals surface area contributed by atoms with E-state index >= 15 is 0 Å². The van der Waals surface area contributed by atoms with Crippen LogP contribution in [0.2, 0.25) is 0 Å². The Balaban J connectivity index is 2.69. The standard InChI is InChI=1S/C13H11BrN2O4/c1-20-12(18)7-16-13(19)9-3-2-8(14)6-10(9)11(15-16)4-5-17/h2-3,5-6H,4,7H2,1H3. The van der Waals surface area contributed by atoms with Crippen LogP contribution in [0, 0.1) is 0 Å². The molecule has 2 aromatic rings. The molecule has 0 bridgehead atoms. The molecule has 0 atom stereocenters. The van der Waals surface area contributed by atoms with Gasteiger partial charge in [0.1, 0.15) is 12.8 Å². The van der Waals surface area contributed by atoms with E-state index in [1.807, 2.05) is 0 Å². The Morgan fingerprint density at radius 1 is 1.45 bits per heavy atom. The molecule has 0 unspecified atom stereocenters. The number of fused-ring (bicyclic) bond motifs is 1. The SMILES string of the molecule is COC(=O)Cn1nc(CC=O)c2cc(Br)ccc2c1=O. The van der Waals surface area contributed by atoms with E-state index in [0.717, 1.165) is 9.15 Å². The number of ether oxygens (including phenoxy) is 1. The molecule has 0 fully saturated rings. The molecule has 0 radical (unpaired) electrons. The van der Waals surface area contributed by atoms with E-state index in [4.69, 9.17) is 0 Å². The van der Waals surface area contributed by atoms with Crippen LogP contribution in [0.4, 0.5) is 0 Å². The Bertz CT molecular complexity index is 739. The van der Waals surface area contributed by atoms with Crippen molar-refractivity contribution in [1.82, 2.24) is 9.78 Å². The van der Waals surface area contributed by atoms with Crippen molar-refractivity contribution >= 4 is 39.0 Å². The van der Waals surface area contributed by atoms with Crippen molar-refractivity contribution in [2.45, 2.75) is 13.0 Å². The second kappa shape index (κ2) is 5.96. The molecule has 0 saturated carbocycles. The van der Waals surface area contributed by atoms with Crippen molar-refractivity contribution in [3.63, 3.8) is 0 Å². The predicted octanol–water partition coefficient (Wildman–Crippen LogP) is 1.07. The lowest BCUT2D eigenvalue weighted by Crippen LogP contribution is -2.28. The van der Waals surface area contributed by atoms with Gasteiger partial charge in [-0.15, -0.1) is 0 Å². The highest BCUT2D eigenvalue weighted by molar-refractivity contribution is 9.10. The Morgan fingerprint density at radius 2 is 2.20 bits per heavy atom. The lowest BCUT2D eigenvalue weighted by atomic mass is 10.1. The molecule has 20 heavy (non-hydrogen) atoms. The normalized spacial score (nSPS) is 10.5. The Kier molecular flexibility index (Phi) is 4.29. The predicted molar refractivity (Wildman–Crippen MR) is 75.5 cm³/mol. The summed E-state index contributed by atoms with van der Waals surface area (Å²) in [6.07, 6.45) is 0.768. The highest BCUT2D eigenvalue weighted by Crippen LogP contribution is 2.19. The minimum atomic E-state index is -0.576. The van der Waals surface area contributed by atoms with Gasteiger partial charge in [-0.05, 0) is 18.2 Å². The molecule has 1 heterocycles. The average Bonchev–Trinajstić information content (AvgIpc) is 2.43. The topological polar surface area (TPSA) is 78.3 Å². The van der Waals surface area contributed by atoms with Gasteiger partial charge in [-0.1, -0.05) is 15.9 Å². The van der Waals surface area contributed by atoms with Gasteiger partial charge in [-0.3, -0.25) is 9.59 Å². The molecule has 1 aromatic heterocycles. The van der Waals surface area contributed by atoms with Gasteiger partial charge in [-0.2, -0.15) is 5.10 Å². The number of esters is 1. The number of carbonyl (C=O) groups excluding carboxylic acids is 2. The lowest BCUT2D eigenvalue weighted by Gasteiger charge is -2.09. The van der Waals surface area contributed by atoms with E-state index in [9.17, 15) is 14.4 Å². The summed E-state index contributed by atoms with van der Waals surface area (Å²) in [5.41, 5.74) is 0.0485. The van der Waals surface area contributed by atoms with Crippen LogP contribution >= 0.6 is 15.9 Å². The Hall–Kier alpha value is -2.02. The Labute approximate surface area is 122 Å². The van der Waals surface area contributed by atoms with E-state index < -0.39 is 11.5 Å². The first-order chi connectivity index (χ1) is 9.56. The van der Waals surface area contributed by atoms with Crippen LogP contribution in [0.3, 0.4) is 0 Å². The van der Waals surface area contributed by atoms with Crippen molar-refractivity contribution in [3.05, 3.63) is 38.7 Å². The van der Waals surface area contributed by atoms with E-state index in [1.54, 1.807) is 18.2 Å². The lowest BCUT2D eigenvalue weighted by molar-refractivity contribution is -0.141. The zero-order chi connectivity index (χ0) is 14.7. The fourth-order valence-electron chi connectivity index (χ4n) is 1.85. The number of rotatable bonds is 4. The van der Waals surface area contributed by atoms with Crippen molar-refractivity contribution in [2.24, 2.45) is 0 Å². The molecule has 0 aliphatic rings. The number of hydrogen-bond donors (Lipinski definition) is 0. The molecular formula is C13H11BrN2O4. The minimum absolute atomic E-state index is 0.0639. The highest BCUT2D eigenvalue weighted by atomic mass is 79.9. The summed E-state index contributed by atoms with van der Waals surface area (Å²) in [7, 11) is 1.23. The van der Waals surface area contributed by atoms with Gasteiger partial charge in [0.2, 0.25) is 0 Å². The molecule has 104 valence electrons. The molecule has 0 amide bonds. The largest absolute Gasteiger partial charge is 0.468 e. The van der Waals surface area contributed by atoms with Crippen molar-refractivity contribution in [1.29, 1.82) is 0 Å². The molecule has 0 aliphatic heterocycles. The van der Waals surface area contributed by atoms with E-state index in [2.05, 4.69) is 25.8 Å². The number of aromatic nitrogens is 2. The maximum absolute atomic E-state index is 12.2. The first kappa shape index (κ1) is 14.4. The van der Waals surface area contributed by atoms with Gasteiger partial charge in [0.05, 0.1) is 18.2 Å². The molecular weight excluding hydrogens is 328 g/mol. The van der Waals surface area contributed by atoms with Crippen molar-refractivity contribution < 1.29 is 14.3 Å². The van der Waals surface area contributed by atoms with Gasteiger partial charge >= 0.3 is 5.97 Å². The molecule has 0 saturated heterocycles. The van der Waals surface area contributed by atoms with Gasteiger partial charge in [-0.25, -0.2) is 4.68 Å². The van der Waals surface area contributed by atoms with Gasteiger partial charge in [0.15, 0.2) is 0 Å². The van der Waals surface area contributed by atoms with Crippen LogP contribution in [0.5, 0.6) is 0 Å². The summed E-state index contributed by atoms with van der Waals surface area (Å²) in [6, 6.07) is 5.08. The molecule has 0 spiro atoms. The number of hydrogen-bond acceptors (Lipinski definition) is 5. The van der Waals surface area contributed by atoms with Crippen LogP contribution < -0.4 is 5.56 Å². The maximum Gasteiger partial charge on any atom is 0.327 e. The summed E-state index contributed by atoms with van der Waals surface area (Å²) in [4.78, 5) is 34.3. The quantitative estimate of drug-likeness (QED) is 0.615. The first-order valence-electron chi connectivity index (χ1n) is 5.76. The number of halogens is 1. The van der Waals surface area contributed by atoms with Gasteiger partial charge < -0.3 is 9.53 Å².